The first-order valence-electron chi connectivity index (χ1n) is 18.6. The topological polar surface area (TPSA) is 52.0 Å². The summed E-state index contributed by atoms with van der Waals surface area (Å²) in [6, 6.07) is 0.382. The maximum atomic E-state index is 5.93. The minimum atomic E-state index is 0.382. The predicted molar refractivity (Wildman–Crippen MR) is 180 cm³/mol. The molecule has 0 saturated heterocycles. The molecule has 0 aromatic rings. The van der Waals surface area contributed by atoms with Gasteiger partial charge in [-0.05, 0) is 38.1 Å². The lowest BCUT2D eigenvalue weighted by Crippen LogP contribution is -2.16. The van der Waals surface area contributed by atoms with Crippen molar-refractivity contribution in [3.8, 4) is 0 Å². The van der Waals surface area contributed by atoms with E-state index in [0.717, 1.165) is 18.4 Å². The van der Waals surface area contributed by atoms with Crippen molar-refractivity contribution in [2.24, 2.45) is 23.3 Å². The van der Waals surface area contributed by atoms with Gasteiger partial charge in [0.15, 0.2) is 0 Å². The van der Waals surface area contributed by atoms with Gasteiger partial charge in [0.1, 0.15) is 0 Å². The summed E-state index contributed by atoms with van der Waals surface area (Å²) in [4.78, 5) is 0. The van der Waals surface area contributed by atoms with E-state index in [1.165, 1.54) is 193 Å². The van der Waals surface area contributed by atoms with Crippen LogP contribution in [0, 0.1) is 11.8 Å². The van der Waals surface area contributed by atoms with Crippen LogP contribution in [-0.2, 0) is 0 Å². The number of hydrogen-bond donors (Lipinski definition) is 2. The summed E-state index contributed by atoms with van der Waals surface area (Å²) >= 11 is 0. The molecule has 3 atom stereocenters. The summed E-state index contributed by atoms with van der Waals surface area (Å²) in [5.41, 5.74) is 11.6. The first kappa shape index (κ1) is 38.9. The molecular weight excluding hydrogens is 472 g/mol. The molecule has 3 unspecified atom stereocenters. The molecule has 0 aromatic heterocycles. The quantitative estimate of drug-likeness (QED) is 0.0798. The molecule has 0 aromatic carbocycles. The molecule has 0 fully saturated rings. The van der Waals surface area contributed by atoms with Crippen LogP contribution < -0.4 is 11.5 Å². The first-order chi connectivity index (χ1) is 19.2. The highest BCUT2D eigenvalue weighted by atomic mass is 14.6. The van der Waals surface area contributed by atoms with Crippen molar-refractivity contribution in [2.75, 3.05) is 6.54 Å². The van der Waals surface area contributed by atoms with Gasteiger partial charge >= 0.3 is 0 Å². The van der Waals surface area contributed by atoms with Gasteiger partial charge in [-0.3, -0.25) is 0 Å². The van der Waals surface area contributed by atoms with Crippen LogP contribution in [-0.4, -0.2) is 12.6 Å². The van der Waals surface area contributed by atoms with E-state index in [2.05, 4.69) is 20.8 Å². The fourth-order valence-electron chi connectivity index (χ4n) is 6.62. The molecule has 2 heteroatoms. The molecule has 0 rings (SSSR count). The third-order valence-corrected chi connectivity index (χ3v) is 9.29. The lowest BCUT2D eigenvalue weighted by molar-refractivity contribution is 0.236. The van der Waals surface area contributed by atoms with Gasteiger partial charge in [0.25, 0.3) is 0 Å². The Balaban J connectivity index is 4.69. The minimum Gasteiger partial charge on any atom is -0.330 e. The smallest absolute Gasteiger partial charge is 0.00104 e. The van der Waals surface area contributed by atoms with E-state index >= 15 is 0 Å². The second-order valence-electron chi connectivity index (χ2n) is 13.4. The molecule has 0 aliphatic rings. The number of hydrogen-bond acceptors (Lipinski definition) is 2. The molecule has 39 heavy (non-hydrogen) atoms. The Hall–Kier alpha value is -0.0800. The first-order valence-corrected chi connectivity index (χ1v) is 18.6. The molecule has 0 bridgehead atoms. The van der Waals surface area contributed by atoms with Crippen LogP contribution in [0.1, 0.15) is 213 Å². The highest BCUT2D eigenvalue weighted by Gasteiger charge is 2.20. The SMILES string of the molecule is CCCCCCCCC(CCCCCCCCCN)C(CCCCCCCC)CCCCCCCCC(C)N. The monoisotopic (exact) mass is 551 g/mol. The van der Waals surface area contributed by atoms with Gasteiger partial charge in [0.05, 0.1) is 0 Å². The molecule has 2 nitrogen and oxygen atoms in total. The van der Waals surface area contributed by atoms with Gasteiger partial charge in [-0.2, -0.15) is 0 Å². The summed E-state index contributed by atoms with van der Waals surface area (Å²) in [5, 5.41) is 0. The predicted octanol–water partition coefficient (Wildman–Crippen LogP) is 12.3. The van der Waals surface area contributed by atoms with Crippen LogP contribution >= 0.6 is 0 Å². The Morgan fingerprint density at radius 3 is 0.897 bits per heavy atom. The molecule has 0 aliphatic carbocycles. The van der Waals surface area contributed by atoms with Crippen molar-refractivity contribution in [1.82, 2.24) is 0 Å². The molecular formula is C37H78N2. The molecule has 0 amide bonds. The second kappa shape index (κ2) is 32.4. The van der Waals surface area contributed by atoms with Crippen molar-refractivity contribution < 1.29 is 0 Å². The summed E-state index contributed by atoms with van der Waals surface area (Å²) in [5.74, 6) is 1.99. The van der Waals surface area contributed by atoms with Crippen molar-refractivity contribution in [2.45, 2.75) is 219 Å². The van der Waals surface area contributed by atoms with Crippen LogP contribution in [0.4, 0.5) is 0 Å². The third-order valence-electron chi connectivity index (χ3n) is 9.29. The largest absolute Gasteiger partial charge is 0.330 e. The normalized spacial score (nSPS) is 14.1. The van der Waals surface area contributed by atoms with Crippen LogP contribution in [0.3, 0.4) is 0 Å². The van der Waals surface area contributed by atoms with Crippen LogP contribution in [0.5, 0.6) is 0 Å². The molecule has 0 radical (unpaired) electrons. The van der Waals surface area contributed by atoms with Crippen LogP contribution in [0.15, 0.2) is 0 Å². The number of rotatable bonds is 33. The average Bonchev–Trinajstić information content (AvgIpc) is 2.93. The number of unbranched alkanes of at least 4 members (excludes halogenated alkanes) is 21. The highest BCUT2D eigenvalue weighted by molar-refractivity contribution is 4.72. The Morgan fingerprint density at radius 2 is 0.615 bits per heavy atom. The second-order valence-corrected chi connectivity index (χ2v) is 13.4. The highest BCUT2D eigenvalue weighted by Crippen LogP contribution is 2.33. The summed E-state index contributed by atoms with van der Waals surface area (Å²) in [6.07, 6.45) is 42.8. The van der Waals surface area contributed by atoms with E-state index < -0.39 is 0 Å². The number of nitrogens with two attached hydrogens (primary N) is 2. The van der Waals surface area contributed by atoms with Crippen molar-refractivity contribution in [1.29, 1.82) is 0 Å². The van der Waals surface area contributed by atoms with Gasteiger partial charge in [-0.25, -0.2) is 0 Å². The maximum absolute atomic E-state index is 5.93. The lowest BCUT2D eigenvalue weighted by Gasteiger charge is -2.28. The van der Waals surface area contributed by atoms with E-state index in [1.54, 1.807) is 0 Å². The Morgan fingerprint density at radius 1 is 0.359 bits per heavy atom. The molecule has 0 aliphatic heterocycles. The Labute approximate surface area is 249 Å². The van der Waals surface area contributed by atoms with E-state index in [-0.39, 0.29) is 0 Å². The zero-order chi connectivity index (χ0) is 28.7. The van der Waals surface area contributed by atoms with Crippen molar-refractivity contribution >= 4 is 0 Å². The maximum Gasteiger partial charge on any atom is 0.00104 e. The molecule has 0 heterocycles. The molecule has 4 N–H and O–H groups in total. The summed E-state index contributed by atoms with van der Waals surface area (Å²) in [7, 11) is 0. The van der Waals surface area contributed by atoms with E-state index in [0.29, 0.717) is 6.04 Å². The standard InChI is InChI=1S/C37H78N2/c1-4-6-8-10-18-24-30-36(32-26-20-13-12-16-22-28-34-38)37(31-25-19-11-9-7-5-2)33-27-21-15-14-17-23-29-35(3)39/h35-37H,4-34,38-39H2,1-3H3. The van der Waals surface area contributed by atoms with Gasteiger partial charge in [0.2, 0.25) is 0 Å². The summed E-state index contributed by atoms with van der Waals surface area (Å²) in [6.45, 7) is 7.69. The van der Waals surface area contributed by atoms with Gasteiger partial charge in [-0.1, -0.05) is 194 Å². The summed E-state index contributed by atoms with van der Waals surface area (Å²) < 4.78 is 0. The zero-order valence-electron chi connectivity index (χ0n) is 27.8. The third kappa shape index (κ3) is 29.2. The lowest BCUT2D eigenvalue weighted by atomic mass is 9.78. The van der Waals surface area contributed by atoms with Gasteiger partial charge < -0.3 is 11.5 Å². The van der Waals surface area contributed by atoms with E-state index in [4.69, 9.17) is 11.5 Å². The van der Waals surface area contributed by atoms with Crippen LogP contribution in [0.25, 0.3) is 0 Å². The van der Waals surface area contributed by atoms with Gasteiger partial charge in [0, 0.05) is 6.04 Å². The van der Waals surface area contributed by atoms with E-state index in [9.17, 15) is 0 Å². The van der Waals surface area contributed by atoms with Crippen LogP contribution in [0.2, 0.25) is 0 Å². The average molecular weight is 551 g/mol. The molecule has 0 saturated carbocycles. The van der Waals surface area contributed by atoms with Crippen molar-refractivity contribution in [3.63, 3.8) is 0 Å². The fourth-order valence-corrected chi connectivity index (χ4v) is 6.62. The fraction of sp³-hybridized carbons (Fsp3) is 1.00. The molecule has 236 valence electrons. The minimum absolute atomic E-state index is 0.382. The van der Waals surface area contributed by atoms with E-state index in [1.807, 2.05) is 0 Å². The van der Waals surface area contributed by atoms with Crippen molar-refractivity contribution in [3.05, 3.63) is 0 Å². The Kier molecular flexibility index (Phi) is 32.4. The Bertz CT molecular complexity index is 435. The zero-order valence-corrected chi connectivity index (χ0v) is 27.8. The van der Waals surface area contributed by atoms with Gasteiger partial charge in [-0.15, -0.1) is 0 Å². The molecule has 0 spiro atoms.